The number of anilines is 3. The van der Waals surface area contributed by atoms with Crippen molar-refractivity contribution in [1.29, 1.82) is 0 Å². The average Bonchev–Trinajstić information content (AvgIpc) is 3.44. The number of rotatable bonds is 6. The fourth-order valence-electron chi connectivity index (χ4n) is 5.72. The van der Waals surface area contributed by atoms with E-state index >= 15 is 0 Å². The molecule has 2 aliphatic rings. The van der Waals surface area contributed by atoms with Gasteiger partial charge in [0.2, 0.25) is 17.7 Å². The van der Waals surface area contributed by atoms with E-state index in [1.807, 2.05) is 50.2 Å². The van der Waals surface area contributed by atoms with Gasteiger partial charge in [0.15, 0.2) is 0 Å². The number of imide groups is 1. The fourth-order valence-corrected chi connectivity index (χ4v) is 8.49. The molecule has 4 aromatic rings. The normalized spacial score (nSPS) is 19.3. The Bertz CT molecular complexity index is 1870. The quantitative estimate of drug-likeness (QED) is 0.268. The molecule has 3 heterocycles. The van der Waals surface area contributed by atoms with Crippen molar-refractivity contribution in [2.24, 2.45) is 5.92 Å². The molecule has 3 amide bonds. The van der Waals surface area contributed by atoms with Gasteiger partial charge < -0.3 is 10.2 Å². The molecule has 2 aliphatic heterocycles. The summed E-state index contributed by atoms with van der Waals surface area (Å²) in [5.41, 5.74) is 1.42. The van der Waals surface area contributed by atoms with E-state index < -0.39 is 57.1 Å². The summed E-state index contributed by atoms with van der Waals surface area (Å²) < 4.78 is 43.3. The molecule has 0 bridgehead atoms. The second-order valence-corrected chi connectivity index (χ2v) is 13.2. The van der Waals surface area contributed by atoms with Crippen LogP contribution in [0, 0.1) is 12.8 Å². The predicted molar refractivity (Wildman–Crippen MR) is 168 cm³/mol. The number of fused-ring (bicyclic) bond motifs is 2. The Morgan fingerprint density at radius 1 is 0.933 bits per heavy atom. The van der Waals surface area contributed by atoms with Gasteiger partial charge in [-0.05, 0) is 48.9 Å². The molecule has 1 saturated heterocycles. The largest absolute Gasteiger partial charge is 0.418 e. The van der Waals surface area contributed by atoms with Crippen LogP contribution in [0.5, 0.6) is 0 Å². The maximum atomic E-state index is 14.1. The van der Waals surface area contributed by atoms with Crippen molar-refractivity contribution in [3.05, 3.63) is 104 Å². The Labute approximate surface area is 264 Å². The zero-order valence-corrected chi connectivity index (χ0v) is 25.9. The van der Waals surface area contributed by atoms with Crippen LogP contribution in [0.2, 0.25) is 0 Å². The molecule has 13 heteroatoms. The fraction of sp³-hybridized carbons (Fsp3) is 0.250. The lowest BCUT2D eigenvalue weighted by Gasteiger charge is -2.31. The third-order valence-corrected chi connectivity index (χ3v) is 10.5. The van der Waals surface area contributed by atoms with Crippen LogP contribution in [0.4, 0.5) is 30.2 Å². The van der Waals surface area contributed by atoms with Crippen LogP contribution in [0.3, 0.4) is 0 Å². The third-order valence-electron chi connectivity index (χ3n) is 7.91. The molecule has 3 aromatic carbocycles. The van der Waals surface area contributed by atoms with Gasteiger partial charge in [0.1, 0.15) is 11.8 Å². The number of carbonyl (C=O) groups is 3. The first-order valence-electron chi connectivity index (χ1n) is 13.9. The summed E-state index contributed by atoms with van der Waals surface area (Å²) in [7, 11) is 3.73. The number of para-hydroxylation sites is 1. The number of aryl methyl sites for hydroxylation is 1. The van der Waals surface area contributed by atoms with Crippen LogP contribution >= 0.6 is 23.1 Å². The minimum atomic E-state index is -4.80. The highest BCUT2D eigenvalue weighted by atomic mass is 32.2. The summed E-state index contributed by atoms with van der Waals surface area (Å²) in [4.78, 5) is 57.0. The van der Waals surface area contributed by atoms with Gasteiger partial charge in [0.05, 0.1) is 22.2 Å². The first-order chi connectivity index (χ1) is 21.3. The first-order valence-corrected chi connectivity index (χ1v) is 15.6. The van der Waals surface area contributed by atoms with Gasteiger partial charge in [-0.25, -0.2) is 4.90 Å². The predicted octanol–water partition coefficient (Wildman–Crippen LogP) is 5.74. The maximum Gasteiger partial charge on any atom is 0.418 e. The van der Waals surface area contributed by atoms with Gasteiger partial charge in [0, 0.05) is 36.3 Å². The highest BCUT2D eigenvalue weighted by molar-refractivity contribution is 8.00. The summed E-state index contributed by atoms with van der Waals surface area (Å²) in [5, 5.41) is 1.99. The van der Waals surface area contributed by atoms with Gasteiger partial charge in [-0.2, -0.15) is 13.2 Å². The molecule has 1 N–H and O–H groups in total. The van der Waals surface area contributed by atoms with E-state index in [0.717, 1.165) is 46.5 Å². The molecule has 3 unspecified atom stereocenters. The van der Waals surface area contributed by atoms with Crippen LogP contribution in [0.25, 0.3) is 0 Å². The summed E-state index contributed by atoms with van der Waals surface area (Å²) in [6.07, 6.45) is -4.80. The van der Waals surface area contributed by atoms with Gasteiger partial charge in [-0.15, -0.1) is 0 Å². The molecule has 6 rings (SSSR count). The van der Waals surface area contributed by atoms with Gasteiger partial charge in [-0.1, -0.05) is 65.1 Å². The number of thiazole rings is 1. The average molecular weight is 653 g/mol. The zero-order valence-electron chi connectivity index (χ0n) is 24.3. The van der Waals surface area contributed by atoms with Gasteiger partial charge in [-0.3, -0.25) is 23.7 Å². The molecule has 232 valence electrons. The van der Waals surface area contributed by atoms with Gasteiger partial charge >= 0.3 is 11.0 Å². The second-order valence-electron chi connectivity index (χ2n) is 11.1. The number of hydrogen-bond acceptors (Lipinski definition) is 7. The Morgan fingerprint density at radius 3 is 2.24 bits per heavy atom. The smallest absolute Gasteiger partial charge is 0.378 e. The van der Waals surface area contributed by atoms with E-state index in [-0.39, 0.29) is 6.54 Å². The number of nitrogens with zero attached hydrogens (tertiary/aromatic N) is 3. The van der Waals surface area contributed by atoms with E-state index in [4.69, 9.17) is 0 Å². The number of alkyl halides is 3. The molecule has 0 saturated carbocycles. The Morgan fingerprint density at radius 2 is 1.60 bits per heavy atom. The number of hydrogen-bond donors (Lipinski definition) is 1. The zero-order chi connectivity index (χ0) is 32.2. The summed E-state index contributed by atoms with van der Waals surface area (Å²) in [5.74, 6) is -3.92. The molecule has 0 spiro atoms. The number of aromatic nitrogens is 1. The SMILES string of the molecule is Cc1ccc(NC(=O)Cn2c3c(sc2=O)C(c2ccc(N(C)C)cc2)C2C(=O)N(c4ccccc4C(F)(F)F)C(=O)C2S3)cc1. The molecule has 1 aromatic heterocycles. The maximum absolute atomic E-state index is 14.1. The first kappa shape index (κ1) is 30.7. The lowest BCUT2D eigenvalue weighted by Crippen LogP contribution is -2.33. The molecular formula is C32H27F3N4O4S2. The number of benzene rings is 3. The Kier molecular flexibility index (Phi) is 7.86. The topological polar surface area (TPSA) is 91.7 Å². The van der Waals surface area contributed by atoms with Crippen molar-refractivity contribution in [2.75, 3.05) is 29.2 Å². The molecule has 45 heavy (non-hydrogen) atoms. The summed E-state index contributed by atoms with van der Waals surface area (Å²) in [6.45, 7) is 1.56. The van der Waals surface area contributed by atoms with Crippen LogP contribution < -0.4 is 20.0 Å². The van der Waals surface area contributed by atoms with Crippen LogP contribution in [0.1, 0.15) is 27.5 Å². The monoisotopic (exact) mass is 652 g/mol. The molecule has 0 radical (unpaired) electrons. The lowest BCUT2D eigenvalue weighted by molar-refractivity contribution is -0.137. The van der Waals surface area contributed by atoms with Crippen LogP contribution in [-0.2, 0) is 27.1 Å². The van der Waals surface area contributed by atoms with E-state index in [1.165, 1.54) is 16.7 Å². The van der Waals surface area contributed by atoms with E-state index in [0.29, 0.717) is 26.1 Å². The van der Waals surface area contributed by atoms with E-state index in [2.05, 4.69) is 5.32 Å². The Balaban J connectivity index is 1.43. The molecule has 3 atom stereocenters. The summed E-state index contributed by atoms with van der Waals surface area (Å²) in [6, 6.07) is 18.9. The van der Waals surface area contributed by atoms with Crippen molar-refractivity contribution in [3.8, 4) is 0 Å². The number of carbonyl (C=O) groups excluding carboxylic acids is 3. The highest BCUT2D eigenvalue weighted by Gasteiger charge is 2.57. The Hall–Kier alpha value is -4.36. The number of amides is 3. The highest BCUT2D eigenvalue weighted by Crippen LogP contribution is 2.54. The molecular weight excluding hydrogens is 626 g/mol. The lowest BCUT2D eigenvalue weighted by atomic mass is 9.83. The standard InChI is InChI=1S/C32H27F3N4O4S2/c1-17-8-12-19(13-9-17)36-23(40)16-38-30-27(45-31(38)43)24(18-10-14-20(15-11-18)37(2)3)25-26(44-30)29(42)39(28(25)41)22-7-5-4-6-21(22)32(33,34)35/h4-15,24-26H,16H2,1-3H3,(H,36,40). The van der Waals surface area contributed by atoms with Crippen molar-refractivity contribution in [3.63, 3.8) is 0 Å². The number of thioether (sulfide) groups is 1. The van der Waals surface area contributed by atoms with Gasteiger partial charge in [0.25, 0.3) is 0 Å². The van der Waals surface area contributed by atoms with Crippen molar-refractivity contribution >= 4 is 57.9 Å². The van der Waals surface area contributed by atoms with E-state index in [1.54, 1.807) is 24.3 Å². The van der Waals surface area contributed by atoms with Crippen molar-refractivity contribution in [2.45, 2.75) is 35.8 Å². The van der Waals surface area contributed by atoms with Crippen LogP contribution in [-0.4, -0.2) is 41.6 Å². The minimum Gasteiger partial charge on any atom is -0.378 e. The minimum absolute atomic E-state index is 0.346. The summed E-state index contributed by atoms with van der Waals surface area (Å²) >= 11 is 1.82. The van der Waals surface area contributed by atoms with Crippen molar-refractivity contribution < 1.29 is 27.6 Å². The molecule has 1 fully saturated rings. The molecule has 8 nitrogen and oxygen atoms in total. The second kappa shape index (κ2) is 11.5. The van der Waals surface area contributed by atoms with E-state index in [9.17, 15) is 32.3 Å². The molecule has 0 aliphatic carbocycles. The van der Waals surface area contributed by atoms with Crippen molar-refractivity contribution in [1.82, 2.24) is 4.57 Å². The number of nitrogens with one attached hydrogen (secondary N) is 1. The third kappa shape index (κ3) is 5.54. The van der Waals surface area contributed by atoms with Crippen LogP contribution in [0.15, 0.2) is 82.6 Å². The number of halogens is 3.